The van der Waals surface area contributed by atoms with Gasteiger partial charge in [0.25, 0.3) is 0 Å². The molecule has 0 saturated carbocycles. The number of allylic oxidation sites excluding steroid dienone is 6. The minimum absolute atomic E-state index is 0.212. The SMILES string of the molecule is CC(=O)N1CCC(C2=CC=CCC=C2)CC1. The van der Waals surface area contributed by atoms with E-state index in [4.69, 9.17) is 0 Å². The smallest absolute Gasteiger partial charge is 0.219 e. The van der Waals surface area contributed by atoms with E-state index in [1.54, 1.807) is 6.92 Å². The molecule has 0 aromatic rings. The van der Waals surface area contributed by atoms with Crippen LogP contribution in [0.25, 0.3) is 0 Å². The summed E-state index contributed by atoms with van der Waals surface area (Å²) in [5, 5.41) is 0. The van der Waals surface area contributed by atoms with Crippen LogP contribution in [0.5, 0.6) is 0 Å². The van der Waals surface area contributed by atoms with Gasteiger partial charge in [0.2, 0.25) is 5.91 Å². The first-order chi connectivity index (χ1) is 7.77. The van der Waals surface area contributed by atoms with Crippen LogP contribution in [-0.4, -0.2) is 23.9 Å². The first-order valence-corrected chi connectivity index (χ1v) is 6.06. The van der Waals surface area contributed by atoms with Crippen LogP contribution in [0.1, 0.15) is 26.2 Å². The molecule has 2 nitrogen and oxygen atoms in total. The Balaban J connectivity index is 1.96. The molecule has 1 heterocycles. The van der Waals surface area contributed by atoms with Gasteiger partial charge in [0, 0.05) is 20.0 Å². The Kier molecular flexibility index (Phi) is 3.60. The predicted octanol–water partition coefficient (Wildman–Crippen LogP) is 2.69. The topological polar surface area (TPSA) is 20.3 Å². The number of piperidine rings is 1. The molecule has 1 amide bonds. The molecule has 16 heavy (non-hydrogen) atoms. The fraction of sp³-hybridized carbons (Fsp3) is 0.500. The Morgan fingerprint density at radius 1 is 1.31 bits per heavy atom. The Morgan fingerprint density at radius 2 is 2.06 bits per heavy atom. The summed E-state index contributed by atoms with van der Waals surface area (Å²) in [4.78, 5) is 13.2. The van der Waals surface area contributed by atoms with Crippen molar-refractivity contribution in [3.63, 3.8) is 0 Å². The van der Waals surface area contributed by atoms with Crippen molar-refractivity contribution in [1.82, 2.24) is 4.90 Å². The average molecular weight is 217 g/mol. The van der Waals surface area contributed by atoms with Crippen molar-refractivity contribution in [3.8, 4) is 0 Å². The molecule has 0 spiro atoms. The lowest BCUT2D eigenvalue weighted by Gasteiger charge is -2.31. The second-order valence-corrected chi connectivity index (χ2v) is 4.51. The van der Waals surface area contributed by atoms with E-state index in [2.05, 4.69) is 30.4 Å². The van der Waals surface area contributed by atoms with Gasteiger partial charge in [-0.1, -0.05) is 30.4 Å². The number of rotatable bonds is 1. The molecular formula is C14H19NO. The first-order valence-electron chi connectivity index (χ1n) is 6.06. The third kappa shape index (κ3) is 2.63. The highest BCUT2D eigenvalue weighted by Crippen LogP contribution is 2.26. The molecule has 0 aromatic heterocycles. The van der Waals surface area contributed by atoms with Crippen LogP contribution in [0.4, 0.5) is 0 Å². The van der Waals surface area contributed by atoms with Gasteiger partial charge in [-0.25, -0.2) is 0 Å². The summed E-state index contributed by atoms with van der Waals surface area (Å²) in [5.74, 6) is 0.846. The van der Waals surface area contributed by atoms with E-state index in [0.29, 0.717) is 5.92 Å². The molecule has 0 aromatic carbocycles. The zero-order chi connectivity index (χ0) is 11.4. The van der Waals surface area contributed by atoms with Crippen molar-refractivity contribution in [2.45, 2.75) is 26.2 Å². The summed E-state index contributed by atoms with van der Waals surface area (Å²) < 4.78 is 0. The molecule has 1 fully saturated rings. The zero-order valence-corrected chi connectivity index (χ0v) is 9.86. The molecule has 1 aliphatic heterocycles. The van der Waals surface area contributed by atoms with Gasteiger partial charge in [0.1, 0.15) is 0 Å². The van der Waals surface area contributed by atoms with Gasteiger partial charge in [-0.2, -0.15) is 0 Å². The molecular weight excluding hydrogens is 198 g/mol. The molecule has 1 aliphatic carbocycles. The molecule has 0 unspecified atom stereocenters. The summed E-state index contributed by atoms with van der Waals surface area (Å²) in [5.41, 5.74) is 1.43. The molecule has 0 radical (unpaired) electrons. The Labute approximate surface area is 97.3 Å². The lowest BCUT2D eigenvalue weighted by Crippen LogP contribution is -2.37. The minimum atomic E-state index is 0.212. The normalized spacial score (nSPS) is 21.8. The van der Waals surface area contributed by atoms with Gasteiger partial charge in [-0.05, 0) is 30.8 Å². The maximum atomic E-state index is 11.2. The van der Waals surface area contributed by atoms with Crippen LogP contribution in [0.15, 0.2) is 36.0 Å². The summed E-state index contributed by atoms with van der Waals surface area (Å²) >= 11 is 0. The van der Waals surface area contributed by atoms with Gasteiger partial charge in [-0.15, -0.1) is 0 Å². The van der Waals surface area contributed by atoms with Gasteiger partial charge in [0.15, 0.2) is 0 Å². The van der Waals surface area contributed by atoms with Crippen LogP contribution in [-0.2, 0) is 4.79 Å². The lowest BCUT2D eigenvalue weighted by atomic mass is 9.88. The van der Waals surface area contributed by atoms with Crippen LogP contribution in [0.3, 0.4) is 0 Å². The number of hydrogen-bond acceptors (Lipinski definition) is 1. The van der Waals surface area contributed by atoms with E-state index < -0.39 is 0 Å². The van der Waals surface area contributed by atoms with Crippen LogP contribution in [0.2, 0.25) is 0 Å². The second-order valence-electron chi connectivity index (χ2n) is 4.51. The summed E-state index contributed by atoms with van der Waals surface area (Å²) in [6.45, 7) is 3.48. The Hall–Kier alpha value is -1.31. The number of carbonyl (C=O) groups is 1. The molecule has 2 rings (SSSR count). The van der Waals surface area contributed by atoms with Gasteiger partial charge in [0.05, 0.1) is 0 Å². The van der Waals surface area contributed by atoms with Crippen LogP contribution in [0, 0.1) is 5.92 Å². The largest absolute Gasteiger partial charge is 0.343 e. The molecule has 0 bridgehead atoms. The Morgan fingerprint density at radius 3 is 2.75 bits per heavy atom. The quantitative estimate of drug-likeness (QED) is 0.661. The molecule has 2 aliphatic rings. The number of hydrogen-bond donors (Lipinski definition) is 0. The summed E-state index contributed by atoms with van der Waals surface area (Å²) in [6, 6.07) is 0. The fourth-order valence-corrected chi connectivity index (χ4v) is 2.40. The van der Waals surface area contributed by atoms with E-state index in [-0.39, 0.29) is 5.91 Å². The van der Waals surface area contributed by atoms with Gasteiger partial charge >= 0.3 is 0 Å². The highest BCUT2D eigenvalue weighted by molar-refractivity contribution is 5.73. The number of amides is 1. The van der Waals surface area contributed by atoms with Crippen LogP contribution < -0.4 is 0 Å². The second kappa shape index (κ2) is 5.15. The van der Waals surface area contributed by atoms with Crippen molar-refractivity contribution >= 4 is 5.91 Å². The van der Waals surface area contributed by atoms with E-state index in [0.717, 1.165) is 32.4 Å². The van der Waals surface area contributed by atoms with Gasteiger partial charge in [-0.3, -0.25) is 4.79 Å². The third-order valence-electron chi connectivity index (χ3n) is 3.42. The fourth-order valence-electron chi connectivity index (χ4n) is 2.40. The minimum Gasteiger partial charge on any atom is -0.343 e. The molecule has 1 saturated heterocycles. The van der Waals surface area contributed by atoms with Crippen LogP contribution >= 0.6 is 0 Å². The van der Waals surface area contributed by atoms with Crippen molar-refractivity contribution in [1.29, 1.82) is 0 Å². The molecule has 0 atom stereocenters. The average Bonchev–Trinajstić information content (AvgIpc) is 2.57. The Bertz CT molecular complexity index is 344. The monoisotopic (exact) mass is 217 g/mol. The molecule has 2 heteroatoms. The van der Waals surface area contributed by atoms with Crippen molar-refractivity contribution in [2.75, 3.05) is 13.1 Å². The highest BCUT2D eigenvalue weighted by atomic mass is 16.2. The number of nitrogens with zero attached hydrogens (tertiary/aromatic N) is 1. The van der Waals surface area contributed by atoms with E-state index >= 15 is 0 Å². The maximum absolute atomic E-state index is 11.2. The van der Waals surface area contributed by atoms with Crippen molar-refractivity contribution in [2.24, 2.45) is 5.92 Å². The van der Waals surface area contributed by atoms with E-state index in [9.17, 15) is 4.79 Å². The summed E-state index contributed by atoms with van der Waals surface area (Å²) in [7, 11) is 0. The van der Waals surface area contributed by atoms with Crippen molar-refractivity contribution in [3.05, 3.63) is 36.0 Å². The predicted molar refractivity (Wildman–Crippen MR) is 66.0 cm³/mol. The summed E-state index contributed by atoms with van der Waals surface area (Å²) in [6.07, 6.45) is 14.2. The maximum Gasteiger partial charge on any atom is 0.219 e. The van der Waals surface area contributed by atoms with E-state index in [1.807, 2.05) is 4.90 Å². The first kappa shape index (κ1) is 11.2. The number of likely N-dealkylation sites (tertiary alicyclic amines) is 1. The van der Waals surface area contributed by atoms with Gasteiger partial charge < -0.3 is 4.90 Å². The standard InChI is InChI=1S/C14H19NO/c1-12(16)15-10-8-14(9-11-15)13-6-4-2-3-5-7-13/h2,4-7,14H,3,8-11H2,1H3. The van der Waals surface area contributed by atoms with E-state index in [1.165, 1.54) is 5.57 Å². The lowest BCUT2D eigenvalue weighted by molar-refractivity contribution is -0.130. The zero-order valence-electron chi connectivity index (χ0n) is 9.86. The van der Waals surface area contributed by atoms with Crippen molar-refractivity contribution < 1.29 is 4.79 Å². The highest BCUT2D eigenvalue weighted by Gasteiger charge is 2.22. The number of carbonyl (C=O) groups excluding carboxylic acids is 1. The molecule has 0 N–H and O–H groups in total. The third-order valence-corrected chi connectivity index (χ3v) is 3.42. The molecule has 86 valence electrons.